The van der Waals surface area contributed by atoms with Gasteiger partial charge in [0.25, 0.3) is 0 Å². The first kappa shape index (κ1) is 12.9. The summed E-state index contributed by atoms with van der Waals surface area (Å²) in [6.45, 7) is 3.03. The summed E-state index contributed by atoms with van der Waals surface area (Å²) in [5.41, 5.74) is 3.88. The zero-order valence-electron chi connectivity index (χ0n) is 11.3. The quantitative estimate of drug-likeness (QED) is 0.930. The molecule has 1 aliphatic heterocycles. The normalized spacial score (nSPS) is 14.1. The molecule has 0 saturated heterocycles. The molecular weight excluding hydrogens is 256 g/mol. The van der Waals surface area contributed by atoms with Crippen LogP contribution in [0.4, 0.5) is 0 Å². The van der Waals surface area contributed by atoms with Gasteiger partial charge in [0.1, 0.15) is 0 Å². The van der Waals surface area contributed by atoms with Crippen molar-refractivity contribution in [1.29, 1.82) is 0 Å². The van der Waals surface area contributed by atoms with E-state index in [-0.39, 0.29) is 5.69 Å². The molecular formula is C15H16N2O3. The fraction of sp³-hybridized carbons (Fsp3) is 0.333. The largest absolute Gasteiger partial charge is 0.476 e. The van der Waals surface area contributed by atoms with E-state index >= 15 is 0 Å². The molecule has 20 heavy (non-hydrogen) atoms. The number of nitrogens with zero attached hydrogens (tertiary/aromatic N) is 2. The maximum absolute atomic E-state index is 11.3. The first-order chi connectivity index (χ1) is 9.70. The van der Waals surface area contributed by atoms with Crippen molar-refractivity contribution in [3.05, 3.63) is 46.8 Å². The molecule has 1 aliphatic rings. The van der Waals surface area contributed by atoms with Crippen LogP contribution in [0, 0.1) is 0 Å². The number of hydrogen-bond donors (Lipinski definition) is 1. The number of benzene rings is 1. The van der Waals surface area contributed by atoms with Gasteiger partial charge in [-0.05, 0) is 24.1 Å². The average Bonchev–Trinajstić information content (AvgIpc) is 2.87. The molecule has 0 bridgehead atoms. The predicted octanol–water partition coefficient (Wildman–Crippen LogP) is 2.21. The van der Waals surface area contributed by atoms with Crippen LogP contribution in [0.3, 0.4) is 0 Å². The third kappa shape index (κ3) is 2.10. The summed E-state index contributed by atoms with van der Waals surface area (Å²) in [5, 5.41) is 13.5. The summed E-state index contributed by atoms with van der Waals surface area (Å²) in [5.74, 6) is -1.00. The number of hydrogen-bond acceptors (Lipinski definition) is 3. The molecule has 0 atom stereocenters. The van der Waals surface area contributed by atoms with Gasteiger partial charge in [-0.3, -0.25) is 0 Å². The van der Waals surface area contributed by atoms with E-state index in [1.807, 2.05) is 24.3 Å². The van der Waals surface area contributed by atoms with Gasteiger partial charge in [0.2, 0.25) is 0 Å². The molecule has 3 rings (SSSR count). The first-order valence-electron chi connectivity index (χ1n) is 6.72. The van der Waals surface area contributed by atoms with Gasteiger partial charge in [0, 0.05) is 12.0 Å². The maximum atomic E-state index is 11.3. The Labute approximate surface area is 116 Å². The van der Waals surface area contributed by atoms with Gasteiger partial charge in [0.15, 0.2) is 5.69 Å². The van der Waals surface area contributed by atoms with Crippen molar-refractivity contribution in [2.75, 3.05) is 6.61 Å². The highest BCUT2D eigenvalue weighted by atomic mass is 16.5. The highest BCUT2D eigenvalue weighted by Crippen LogP contribution is 2.24. The standard InChI is InChI=1S/C15H16N2O3/c1-2-10-3-5-11(6-4-10)17-13-7-8-20-9-12(13)14(16-17)15(18)19/h3-6H,2,7-9H2,1H3,(H,18,19). The van der Waals surface area contributed by atoms with Gasteiger partial charge >= 0.3 is 5.97 Å². The molecule has 5 heteroatoms. The Morgan fingerprint density at radius 2 is 2.15 bits per heavy atom. The minimum Gasteiger partial charge on any atom is -0.476 e. The number of aryl methyl sites for hydroxylation is 1. The topological polar surface area (TPSA) is 64.4 Å². The van der Waals surface area contributed by atoms with Gasteiger partial charge in [-0.1, -0.05) is 19.1 Å². The Morgan fingerprint density at radius 1 is 1.40 bits per heavy atom. The van der Waals surface area contributed by atoms with Gasteiger partial charge in [-0.25, -0.2) is 9.48 Å². The molecule has 0 fully saturated rings. The van der Waals surface area contributed by atoms with Crippen LogP contribution in [0.1, 0.15) is 34.2 Å². The maximum Gasteiger partial charge on any atom is 0.356 e. The number of ether oxygens (including phenoxy) is 1. The second-order valence-corrected chi connectivity index (χ2v) is 4.81. The summed E-state index contributed by atoms with van der Waals surface area (Å²) in [4.78, 5) is 11.3. The van der Waals surface area contributed by atoms with E-state index in [2.05, 4.69) is 12.0 Å². The van der Waals surface area contributed by atoms with E-state index in [1.165, 1.54) is 5.56 Å². The lowest BCUT2D eigenvalue weighted by atomic mass is 10.1. The van der Waals surface area contributed by atoms with Crippen molar-refractivity contribution in [1.82, 2.24) is 9.78 Å². The number of carboxylic acids is 1. The van der Waals surface area contributed by atoms with Crippen LogP contribution in [-0.2, 0) is 24.2 Å². The molecule has 0 saturated carbocycles. The van der Waals surface area contributed by atoms with Crippen LogP contribution < -0.4 is 0 Å². The lowest BCUT2D eigenvalue weighted by molar-refractivity contribution is 0.0677. The Bertz CT molecular complexity index is 644. The van der Waals surface area contributed by atoms with Crippen LogP contribution in [0.5, 0.6) is 0 Å². The van der Waals surface area contributed by atoms with Crippen LogP contribution in [0.2, 0.25) is 0 Å². The summed E-state index contributed by atoms with van der Waals surface area (Å²) in [7, 11) is 0. The van der Waals surface area contributed by atoms with Gasteiger partial charge in [0.05, 0.1) is 24.6 Å². The second kappa shape index (κ2) is 5.09. The Morgan fingerprint density at radius 3 is 2.80 bits per heavy atom. The molecule has 2 aromatic rings. The van der Waals surface area contributed by atoms with Gasteiger partial charge < -0.3 is 9.84 Å². The lowest BCUT2D eigenvalue weighted by Gasteiger charge is -2.14. The average molecular weight is 272 g/mol. The van der Waals surface area contributed by atoms with Crippen molar-refractivity contribution >= 4 is 5.97 Å². The molecule has 1 aromatic heterocycles. The Balaban J connectivity index is 2.10. The summed E-state index contributed by atoms with van der Waals surface area (Å²) in [6, 6.07) is 8.05. The Kier molecular flexibility index (Phi) is 3.28. The number of carboxylic acid groups (broad SMARTS) is 1. The lowest BCUT2D eigenvalue weighted by Crippen LogP contribution is -2.13. The predicted molar refractivity (Wildman–Crippen MR) is 73.3 cm³/mol. The number of fused-ring (bicyclic) bond motifs is 1. The van der Waals surface area contributed by atoms with Crippen molar-refractivity contribution in [3.8, 4) is 5.69 Å². The van der Waals surface area contributed by atoms with Crippen molar-refractivity contribution in [3.63, 3.8) is 0 Å². The molecule has 0 spiro atoms. The monoisotopic (exact) mass is 272 g/mol. The second-order valence-electron chi connectivity index (χ2n) is 4.81. The summed E-state index contributed by atoms with van der Waals surface area (Å²) in [6.07, 6.45) is 1.66. The number of aromatic carboxylic acids is 1. The zero-order valence-corrected chi connectivity index (χ0v) is 11.3. The molecule has 0 unspecified atom stereocenters. The minimum absolute atomic E-state index is 0.0965. The van der Waals surface area contributed by atoms with Crippen LogP contribution >= 0.6 is 0 Å². The fourth-order valence-corrected chi connectivity index (χ4v) is 2.50. The first-order valence-corrected chi connectivity index (χ1v) is 6.72. The summed E-state index contributed by atoms with van der Waals surface area (Å²) < 4.78 is 7.09. The van der Waals surface area contributed by atoms with Crippen molar-refractivity contribution in [2.45, 2.75) is 26.4 Å². The highest BCUT2D eigenvalue weighted by Gasteiger charge is 2.25. The van der Waals surface area contributed by atoms with E-state index in [0.717, 1.165) is 17.8 Å². The zero-order chi connectivity index (χ0) is 14.1. The SMILES string of the molecule is CCc1ccc(-n2nc(C(=O)O)c3c2CCOC3)cc1. The minimum atomic E-state index is -1.00. The van der Waals surface area contributed by atoms with E-state index in [1.54, 1.807) is 4.68 Å². The molecule has 2 heterocycles. The van der Waals surface area contributed by atoms with E-state index in [0.29, 0.717) is 25.2 Å². The van der Waals surface area contributed by atoms with E-state index < -0.39 is 5.97 Å². The van der Waals surface area contributed by atoms with Crippen LogP contribution in [-0.4, -0.2) is 27.5 Å². The highest BCUT2D eigenvalue weighted by molar-refractivity contribution is 5.87. The molecule has 0 amide bonds. The van der Waals surface area contributed by atoms with E-state index in [4.69, 9.17) is 4.74 Å². The molecule has 1 N–H and O–H groups in total. The summed E-state index contributed by atoms with van der Waals surface area (Å²) >= 11 is 0. The fourth-order valence-electron chi connectivity index (χ4n) is 2.50. The van der Waals surface area contributed by atoms with Crippen LogP contribution in [0.25, 0.3) is 5.69 Å². The molecule has 1 aromatic carbocycles. The number of carbonyl (C=O) groups is 1. The van der Waals surface area contributed by atoms with Crippen molar-refractivity contribution in [2.24, 2.45) is 0 Å². The van der Waals surface area contributed by atoms with Crippen LogP contribution in [0.15, 0.2) is 24.3 Å². The van der Waals surface area contributed by atoms with Gasteiger partial charge in [-0.15, -0.1) is 0 Å². The number of aromatic nitrogens is 2. The van der Waals surface area contributed by atoms with Crippen molar-refractivity contribution < 1.29 is 14.6 Å². The third-order valence-corrected chi connectivity index (χ3v) is 3.61. The molecule has 0 radical (unpaired) electrons. The molecule has 0 aliphatic carbocycles. The molecule has 5 nitrogen and oxygen atoms in total. The molecule has 104 valence electrons. The smallest absolute Gasteiger partial charge is 0.356 e. The third-order valence-electron chi connectivity index (χ3n) is 3.61. The number of rotatable bonds is 3. The van der Waals surface area contributed by atoms with Gasteiger partial charge in [-0.2, -0.15) is 5.10 Å². The van der Waals surface area contributed by atoms with E-state index in [9.17, 15) is 9.90 Å². The Hall–Kier alpha value is -2.14.